The van der Waals surface area contributed by atoms with E-state index in [2.05, 4.69) is 15.3 Å². The van der Waals surface area contributed by atoms with Gasteiger partial charge in [-0.05, 0) is 30.7 Å². The number of fused-ring (bicyclic) bond motifs is 1. The second kappa shape index (κ2) is 5.93. The fourth-order valence-electron chi connectivity index (χ4n) is 3.47. The van der Waals surface area contributed by atoms with Crippen molar-refractivity contribution in [3.8, 4) is 0 Å². The molecule has 0 radical (unpaired) electrons. The molecule has 1 amide bonds. The minimum atomic E-state index is -0.880. The predicted octanol–water partition coefficient (Wildman–Crippen LogP) is 1.50. The molecule has 1 saturated heterocycles. The normalized spacial score (nSPS) is 25.7. The molecule has 8 heteroatoms. The number of nitrogens with one attached hydrogen (secondary N) is 1. The lowest BCUT2D eigenvalue weighted by Crippen LogP contribution is -2.73. The van der Waals surface area contributed by atoms with Crippen molar-refractivity contribution in [3.05, 3.63) is 17.6 Å². The van der Waals surface area contributed by atoms with E-state index in [-0.39, 0.29) is 24.9 Å². The molecule has 2 aliphatic rings. The fourth-order valence-corrected chi connectivity index (χ4v) is 4.21. The summed E-state index contributed by atoms with van der Waals surface area (Å²) in [7, 11) is 0. The zero-order valence-corrected chi connectivity index (χ0v) is 13.9. The van der Waals surface area contributed by atoms with Gasteiger partial charge in [-0.2, -0.15) is 0 Å². The number of alkyl halides is 1. The van der Waals surface area contributed by atoms with Gasteiger partial charge in [-0.15, -0.1) is 11.3 Å². The Bertz CT molecular complexity index is 761. The lowest BCUT2D eigenvalue weighted by atomic mass is 9.89. The van der Waals surface area contributed by atoms with Crippen LogP contribution in [0.5, 0.6) is 0 Å². The van der Waals surface area contributed by atoms with Gasteiger partial charge in [-0.1, -0.05) is 0 Å². The first-order valence-electron chi connectivity index (χ1n) is 8.11. The highest BCUT2D eigenvalue weighted by atomic mass is 32.1. The van der Waals surface area contributed by atoms with Crippen molar-refractivity contribution in [1.29, 1.82) is 0 Å². The lowest BCUT2D eigenvalue weighted by molar-refractivity contribution is -0.128. The summed E-state index contributed by atoms with van der Waals surface area (Å²) in [5.74, 6) is 0.169. The number of anilines is 1. The number of amides is 1. The summed E-state index contributed by atoms with van der Waals surface area (Å²) in [6.45, 7) is 0.762. The topological polar surface area (TPSA) is 78.4 Å². The van der Waals surface area contributed by atoms with E-state index in [9.17, 15) is 14.3 Å². The van der Waals surface area contributed by atoms with Crippen LogP contribution in [0.2, 0.25) is 0 Å². The number of aromatic nitrogens is 2. The highest BCUT2D eigenvalue weighted by molar-refractivity contribution is 7.16. The molecule has 2 unspecified atom stereocenters. The zero-order valence-electron chi connectivity index (χ0n) is 13.1. The second-order valence-corrected chi connectivity index (χ2v) is 7.64. The average molecular weight is 350 g/mol. The molecule has 6 nitrogen and oxygen atoms in total. The molecule has 1 saturated carbocycles. The maximum atomic E-state index is 13.3. The van der Waals surface area contributed by atoms with Crippen molar-refractivity contribution in [2.45, 2.75) is 31.0 Å². The van der Waals surface area contributed by atoms with Crippen LogP contribution in [-0.2, 0) is 4.79 Å². The van der Waals surface area contributed by atoms with E-state index >= 15 is 0 Å². The summed E-state index contributed by atoms with van der Waals surface area (Å²) in [5.41, 5.74) is -0.681. The van der Waals surface area contributed by atoms with Crippen LogP contribution >= 0.6 is 11.3 Å². The molecule has 0 aromatic carbocycles. The Hall–Kier alpha value is -1.80. The smallest absolute Gasteiger partial charge is 0.226 e. The number of thiophene rings is 1. The quantitative estimate of drug-likeness (QED) is 0.874. The highest BCUT2D eigenvalue weighted by Gasteiger charge is 2.46. The molecule has 0 spiro atoms. The Morgan fingerprint density at radius 1 is 1.50 bits per heavy atom. The monoisotopic (exact) mass is 350 g/mol. The van der Waals surface area contributed by atoms with Crippen molar-refractivity contribution in [3.63, 3.8) is 0 Å². The van der Waals surface area contributed by atoms with Crippen LogP contribution in [0.3, 0.4) is 0 Å². The summed E-state index contributed by atoms with van der Waals surface area (Å²) in [5, 5.41) is 15.6. The molecule has 2 N–H and O–H groups in total. The van der Waals surface area contributed by atoms with Gasteiger partial charge in [0.2, 0.25) is 11.9 Å². The number of hydrogen-bond acceptors (Lipinski definition) is 6. The van der Waals surface area contributed by atoms with Crippen LogP contribution in [0, 0.1) is 5.92 Å². The molecular weight excluding hydrogens is 331 g/mol. The molecular formula is C16H19FN4O2S. The van der Waals surface area contributed by atoms with Gasteiger partial charge in [0.1, 0.15) is 11.0 Å². The number of aliphatic hydroxyl groups is 1. The first-order chi connectivity index (χ1) is 11.6. The third-order valence-corrected chi connectivity index (χ3v) is 5.72. The molecule has 24 heavy (non-hydrogen) atoms. The van der Waals surface area contributed by atoms with Gasteiger partial charge in [-0.25, -0.2) is 14.4 Å². The largest absolute Gasteiger partial charge is 0.394 e. The molecule has 0 bridgehead atoms. The molecule has 128 valence electrons. The van der Waals surface area contributed by atoms with Crippen molar-refractivity contribution < 1.29 is 14.3 Å². The van der Waals surface area contributed by atoms with Crippen LogP contribution in [0.1, 0.15) is 19.3 Å². The van der Waals surface area contributed by atoms with E-state index in [4.69, 9.17) is 0 Å². The first kappa shape index (κ1) is 15.7. The van der Waals surface area contributed by atoms with Gasteiger partial charge in [0.15, 0.2) is 0 Å². The molecule has 1 aliphatic heterocycles. The Balaban J connectivity index is 1.42. The summed E-state index contributed by atoms with van der Waals surface area (Å²) in [4.78, 5) is 24.0. The molecule has 3 heterocycles. The van der Waals surface area contributed by atoms with Crippen LogP contribution in [-0.4, -0.2) is 52.4 Å². The lowest BCUT2D eigenvalue weighted by Gasteiger charge is -2.49. The molecule has 2 aromatic rings. The maximum absolute atomic E-state index is 13.3. The van der Waals surface area contributed by atoms with E-state index in [1.165, 1.54) is 0 Å². The van der Waals surface area contributed by atoms with E-state index < -0.39 is 11.7 Å². The fraction of sp³-hybridized carbons (Fsp3) is 0.562. The van der Waals surface area contributed by atoms with Gasteiger partial charge in [0, 0.05) is 30.6 Å². The van der Waals surface area contributed by atoms with E-state index in [0.29, 0.717) is 31.9 Å². The average Bonchev–Trinajstić information content (AvgIpc) is 3.18. The zero-order chi connectivity index (χ0) is 16.7. The predicted molar refractivity (Wildman–Crippen MR) is 89.8 cm³/mol. The van der Waals surface area contributed by atoms with Crippen LogP contribution in [0.4, 0.5) is 10.3 Å². The van der Waals surface area contributed by atoms with Gasteiger partial charge < -0.3 is 15.3 Å². The number of carbonyl (C=O) groups is 1. The van der Waals surface area contributed by atoms with Crippen molar-refractivity contribution >= 4 is 33.4 Å². The van der Waals surface area contributed by atoms with Gasteiger partial charge in [-0.3, -0.25) is 4.79 Å². The van der Waals surface area contributed by atoms with Gasteiger partial charge >= 0.3 is 0 Å². The highest BCUT2D eigenvalue weighted by Crippen LogP contribution is 2.31. The molecule has 2 atom stereocenters. The molecule has 2 fully saturated rings. The number of nitrogens with zero attached hydrogens (tertiary/aromatic N) is 3. The van der Waals surface area contributed by atoms with Crippen molar-refractivity contribution in [2.75, 3.05) is 24.6 Å². The number of carbonyl (C=O) groups excluding carboxylic acids is 1. The van der Waals surface area contributed by atoms with E-state index in [0.717, 1.165) is 10.2 Å². The third kappa shape index (κ3) is 2.73. The number of rotatable bonds is 4. The van der Waals surface area contributed by atoms with Crippen LogP contribution in [0.15, 0.2) is 17.6 Å². The minimum absolute atomic E-state index is 0.151. The molecule has 2 aromatic heterocycles. The number of halogens is 1. The number of hydrogen-bond donors (Lipinski definition) is 2. The van der Waals surface area contributed by atoms with Gasteiger partial charge in [0.05, 0.1) is 12.1 Å². The molecule has 4 rings (SSSR count). The minimum Gasteiger partial charge on any atom is -0.394 e. The SMILES string of the molecule is O=C(NC1(CO)CN(c2ncc3ccsc3n2)C1)C1CCC(F)C1. The molecule has 1 aliphatic carbocycles. The van der Waals surface area contributed by atoms with E-state index in [1.807, 2.05) is 16.3 Å². The summed E-state index contributed by atoms with van der Waals surface area (Å²) >= 11 is 1.55. The number of aliphatic hydroxyl groups excluding tert-OH is 1. The second-order valence-electron chi connectivity index (χ2n) is 6.74. The third-order valence-electron chi connectivity index (χ3n) is 4.90. The van der Waals surface area contributed by atoms with Gasteiger partial charge in [0.25, 0.3) is 0 Å². The van der Waals surface area contributed by atoms with Crippen molar-refractivity contribution in [1.82, 2.24) is 15.3 Å². The Morgan fingerprint density at radius 3 is 3.04 bits per heavy atom. The Kier molecular flexibility index (Phi) is 3.88. The Morgan fingerprint density at radius 2 is 2.33 bits per heavy atom. The van der Waals surface area contributed by atoms with Crippen LogP contribution in [0.25, 0.3) is 10.2 Å². The van der Waals surface area contributed by atoms with Crippen molar-refractivity contribution in [2.24, 2.45) is 5.92 Å². The summed E-state index contributed by atoms with van der Waals surface area (Å²) in [6.07, 6.45) is 2.22. The van der Waals surface area contributed by atoms with Crippen LogP contribution < -0.4 is 10.2 Å². The maximum Gasteiger partial charge on any atom is 0.226 e. The first-order valence-corrected chi connectivity index (χ1v) is 8.99. The summed E-state index contributed by atoms with van der Waals surface area (Å²) in [6, 6.07) is 1.97. The van der Waals surface area contributed by atoms with E-state index in [1.54, 1.807) is 17.5 Å². The summed E-state index contributed by atoms with van der Waals surface area (Å²) < 4.78 is 13.3. The standard InChI is InChI=1S/C16H19FN4O2S/c17-12-2-1-10(5-12)13(23)20-16(9-22)7-21(8-16)15-18-6-11-3-4-24-14(11)19-15/h3-4,6,10,12,22H,1-2,5,7-9H2,(H,20,23). The Labute approximate surface area is 142 Å².